The first-order chi connectivity index (χ1) is 7.29. The Kier molecular flexibility index (Phi) is 1.38. The fourth-order valence-corrected chi connectivity index (χ4v) is 5.02. The van der Waals surface area contributed by atoms with Crippen molar-refractivity contribution >= 4 is 5.97 Å². The third kappa shape index (κ3) is 0.849. The van der Waals surface area contributed by atoms with Crippen LogP contribution < -0.4 is 0 Å². The molecule has 4 fully saturated rings. The molecule has 6 bridgehead atoms. The van der Waals surface area contributed by atoms with Gasteiger partial charge >= 0.3 is 5.97 Å². The lowest BCUT2D eigenvalue weighted by molar-refractivity contribution is -0.148. The number of carbonyl (C=O) groups is 1. The fourth-order valence-electron chi connectivity index (χ4n) is 5.02. The predicted molar refractivity (Wildman–Crippen MR) is 54.9 cm³/mol. The molecule has 5 aliphatic carbocycles. The van der Waals surface area contributed by atoms with E-state index in [1.807, 2.05) is 0 Å². The van der Waals surface area contributed by atoms with Crippen molar-refractivity contribution < 1.29 is 9.53 Å². The first kappa shape index (κ1) is 8.37. The van der Waals surface area contributed by atoms with Crippen molar-refractivity contribution in [2.24, 2.45) is 35.5 Å². The highest BCUT2D eigenvalue weighted by atomic mass is 16.5. The molecule has 0 heterocycles. The number of rotatable bonds is 1. The smallest absolute Gasteiger partial charge is 0.302 e. The van der Waals surface area contributed by atoms with Crippen molar-refractivity contribution in [3.05, 3.63) is 12.2 Å². The topological polar surface area (TPSA) is 26.3 Å². The van der Waals surface area contributed by atoms with Gasteiger partial charge in [-0.25, -0.2) is 0 Å². The van der Waals surface area contributed by atoms with E-state index in [9.17, 15) is 4.79 Å². The molecular formula is C13H16O2. The number of carbonyl (C=O) groups excluding carboxylic acids is 1. The molecule has 0 aromatic carbocycles. The van der Waals surface area contributed by atoms with Gasteiger partial charge in [-0.3, -0.25) is 4.79 Å². The molecule has 5 rings (SSSR count). The van der Waals surface area contributed by atoms with E-state index in [2.05, 4.69) is 12.2 Å². The van der Waals surface area contributed by atoms with Gasteiger partial charge < -0.3 is 4.74 Å². The zero-order valence-electron chi connectivity index (χ0n) is 8.93. The Hall–Kier alpha value is -0.790. The summed E-state index contributed by atoms with van der Waals surface area (Å²) in [5, 5.41) is 0. The van der Waals surface area contributed by atoms with Crippen LogP contribution in [0.4, 0.5) is 0 Å². The summed E-state index contributed by atoms with van der Waals surface area (Å²) in [6.45, 7) is 1.55. The van der Waals surface area contributed by atoms with Crippen LogP contribution in [0, 0.1) is 35.5 Å². The molecule has 4 saturated carbocycles. The summed E-state index contributed by atoms with van der Waals surface area (Å²) in [6.07, 6.45) is 7.44. The van der Waals surface area contributed by atoms with Crippen molar-refractivity contribution in [1.29, 1.82) is 0 Å². The Balaban J connectivity index is 1.67. The molecule has 0 radical (unpaired) electrons. The Morgan fingerprint density at radius 2 is 1.67 bits per heavy atom. The first-order valence-electron chi connectivity index (χ1n) is 6.11. The summed E-state index contributed by atoms with van der Waals surface area (Å²) in [5.41, 5.74) is 0. The molecule has 0 amide bonds. The SMILES string of the molecule is CC(=O)O[C@@H]1C2[C@@H]3[C@H]2[C@H]2CC=CC[C@@H]3C12. The van der Waals surface area contributed by atoms with E-state index in [1.54, 1.807) is 6.92 Å². The molecular weight excluding hydrogens is 188 g/mol. The molecule has 0 spiro atoms. The summed E-state index contributed by atoms with van der Waals surface area (Å²) >= 11 is 0. The summed E-state index contributed by atoms with van der Waals surface area (Å²) in [6, 6.07) is 0. The zero-order chi connectivity index (χ0) is 10.2. The van der Waals surface area contributed by atoms with Crippen LogP contribution in [0.5, 0.6) is 0 Å². The Morgan fingerprint density at radius 1 is 1.07 bits per heavy atom. The molecule has 0 saturated heterocycles. The fraction of sp³-hybridized carbons (Fsp3) is 0.769. The quantitative estimate of drug-likeness (QED) is 0.482. The second-order valence-corrected chi connectivity index (χ2v) is 5.65. The van der Waals surface area contributed by atoms with Crippen LogP contribution in [0.3, 0.4) is 0 Å². The Morgan fingerprint density at radius 3 is 2.20 bits per heavy atom. The van der Waals surface area contributed by atoms with E-state index in [-0.39, 0.29) is 12.1 Å². The monoisotopic (exact) mass is 204 g/mol. The standard InChI is InChI=1S/C13H16O2/c1-6(14)15-13-9-7-4-2-3-5-8(9)11-10(7)12(11)13/h2-3,7-13H,4-5H2,1H3/t7-,8+,9?,10+,11-,12?,13-/m0/s1. The molecule has 0 aromatic rings. The van der Waals surface area contributed by atoms with Gasteiger partial charge in [0.2, 0.25) is 0 Å². The molecule has 2 heteroatoms. The van der Waals surface area contributed by atoms with E-state index in [4.69, 9.17) is 4.74 Å². The number of hydrogen-bond acceptors (Lipinski definition) is 2. The van der Waals surface area contributed by atoms with Gasteiger partial charge in [0.15, 0.2) is 0 Å². The van der Waals surface area contributed by atoms with E-state index >= 15 is 0 Å². The second-order valence-electron chi connectivity index (χ2n) is 5.65. The highest BCUT2D eigenvalue weighted by Crippen LogP contribution is 2.78. The third-order valence-corrected chi connectivity index (χ3v) is 5.21. The highest BCUT2D eigenvalue weighted by Gasteiger charge is 2.78. The van der Waals surface area contributed by atoms with Gasteiger partial charge in [0, 0.05) is 18.8 Å². The van der Waals surface area contributed by atoms with Crippen LogP contribution in [-0.2, 0) is 9.53 Å². The zero-order valence-corrected chi connectivity index (χ0v) is 8.93. The van der Waals surface area contributed by atoms with E-state index < -0.39 is 0 Å². The molecule has 0 N–H and O–H groups in total. The minimum Gasteiger partial charge on any atom is -0.462 e. The summed E-state index contributed by atoms with van der Waals surface area (Å²) in [5.74, 6) is 4.87. The maximum Gasteiger partial charge on any atom is 0.302 e. The maximum atomic E-state index is 11.1. The van der Waals surface area contributed by atoms with Crippen LogP contribution in [0.1, 0.15) is 19.8 Å². The third-order valence-electron chi connectivity index (χ3n) is 5.21. The lowest BCUT2D eigenvalue weighted by atomic mass is 9.89. The number of allylic oxidation sites excluding steroid dienone is 2. The average molecular weight is 204 g/mol. The van der Waals surface area contributed by atoms with Crippen molar-refractivity contribution in [3.8, 4) is 0 Å². The molecule has 15 heavy (non-hydrogen) atoms. The molecule has 0 aliphatic heterocycles. The highest BCUT2D eigenvalue weighted by molar-refractivity contribution is 5.66. The number of hydrogen-bond donors (Lipinski definition) is 0. The van der Waals surface area contributed by atoms with Gasteiger partial charge in [-0.15, -0.1) is 0 Å². The first-order valence-corrected chi connectivity index (χ1v) is 6.11. The lowest BCUT2D eigenvalue weighted by Gasteiger charge is -2.22. The van der Waals surface area contributed by atoms with Crippen LogP contribution in [-0.4, -0.2) is 12.1 Å². The molecule has 7 atom stereocenters. The van der Waals surface area contributed by atoms with Gasteiger partial charge in [-0.05, 0) is 36.5 Å². The lowest BCUT2D eigenvalue weighted by Crippen LogP contribution is -2.25. The summed E-state index contributed by atoms with van der Waals surface area (Å²) in [7, 11) is 0. The Labute approximate surface area is 89.7 Å². The predicted octanol–water partition coefficient (Wildman–Crippen LogP) is 2.01. The van der Waals surface area contributed by atoms with Crippen molar-refractivity contribution in [1.82, 2.24) is 0 Å². The Bertz CT molecular complexity index is 338. The van der Waals surface area contributed by atoms with E-state index in [0.29, 0.717) is 5.92 Å². The van der Waals surface area contributed by atoms with Crippen molar-refractivity contribution in [2.45, 2.75) is 25.9 Å². The molecule has 0 aromatic heterocycles. The minimum atomic E-state index is -0.0806. The summed E-state index contributed by atoms with van der Waals surface area (Å²) < 4.78 is 5.54. The molecule has 2 unspecified atom stereocenters. The van der Waals surface area contributed by atoms with Crippen LogP contribution in [0.2, 0.25) is 0 Å². The van der Waals surface area contributed by atoms with Gasteiger partial charge in [0.05, 0.1) is 0 Å². The maximum absolute atomic E-state index is 11.1. The average Bonchev–Trinajstić information content (AvgIpc) is 2.63. The van der Waals surface area contributed by atoms with Crippen molar-refractivity contribution in [3.63, 3.8) is 0 Å². The molecule has 5 aliphatic rings. The van der Waals surface area contributed by atoms with Gasteiger partial charge in [0.25, 0.3) is 0 Å². The van der Waals surface area contributed by atoms with Crippen LogP contribution in [0.25, 0.3) is 0 Å². The minimum absolute atomic E-state index is 0.0806. The number of esters is 1. The van der Waals surface area contributed by atoms with Crippen molar-refractivity contribution in [2.75, 3.05) is 0 Å². The van der Waals surface area contributed by atoms with Gasteiger partial charge in [-0.2, -0.15) is 0 Å². The van der Waals surface area contributed by atoms with Crippen LogP contribution >= 0.6 is 0 Å². The van der Waals surface area contributed by atoms with E-state index in [1.165, 1.54) is 12.8 Å². The van der Waals surface area contributed by atoms with Gasteiger partial charge in [0.1, 0.15) is 6.10 Å². The van der Waals surface area contributed by atoms with Gasteiger partial charge in [-0.1, -0.05) is 12.2 Å². The largest absolute Gasteiger partial charge is 0.462 e. The molecule has 80 valence electrons. The second kappa shape index (κ2) is 2.47. The van der Waals surface area contributed by atoms with Crippen LogP contribution in [0.15, 0.2) is 12.2 Å². The number of ether oxygens (including phenoxy) is 1. The summed E-state index contributed by atoms with van der Waals surface area (Å²) in [4.78, 5) is 11.1. The normalized spacial score (nSPS) is 57.8. The van der Waals surface area contributed by atoms with E-state index in [0.717, 1.165) is 29.6 Å². The molecule has 2 nitrogen and oxygen atoms in total.